The second-order valence-corrected chi connectivity index (χ2v) is 14.1. The average molecular weight is 672 g/mol. The molecule has 3 rings (SSSR count). The number of esters is 1. The Balaban J connectivity index is 2.05. The lowest BCUT2D eigenvalue weighted by Gasteiger charge is -2.35. The van der Waals surface area contributed by atoms with Crippen molar-refractivity contribution >= 4 is 35.5 Å². The smallest absolute Gasteiger partial charge is 0.308 e. The Labute approximate surface area is 283 Å². The molecule has 0 bridgehead atoms. The quantitative estimate of drug-likeness (QED) is 0.318. The molecule has 5 amide bonds. The molecule has 2 saturated heterocycles. The minimum atomic E-state index is -1.13. The van der Waals surface area contributed by atoms with Crippen molar-refractivity contribution in [3.05, 3.63) is 29.8 Å². The highest BCUT2D eigenvalue weighted by molar-refractivity contribution is 5.96. The van der Waals surface area contributed by atoms with Crippen LogP contribution in [0.3, 0.4) is 0 Å². The van der Waals surface area contributed by atoms with Crippen LogP contribution in [-0.2, 0) is 39.9 Å². The molecule has 0 aromatic heterocycles. The van der Waals surface area contributed by atoms with Crippen LogP contribution in [0.2, 0.25) is 0 Å². The van der Waals surface area contributed by atoms with Gasteiger partial charge >= 0.3 is 5.97 Å². The zero-order chi connectivity index (χ0) is 35.7. The highest BCUT2D eigenvalue weighted by Crippen LogP contribution is 2.23. The Hall–Kier alpha value is -4.16. The number of nitrogens with zero attached hydrogens (tertiary/aromatic N) is 2. The van der Waals surface area contributed by atoms with Gasteiger partial charge in [-0.1, -0.05) is 53.7 Å². The monoisotopic (exact) mass is 671 g/mol. The van der Waals surface area contributed by atoms with Crippen molar-refractivity contribution in [1.82, 2.24) is 25.8 Å². The topological polar surface area (TPSA) is 174 Å². The van der Waals surface area contributed by atoms with E-state index in [9.17, 15) is 33.9 Å². The molecular formula is C35H53N5O8. The predicted molar refractivity (Wildman–Crippen MR) is 178 cm³/mol. The second-order valence-electron chi connectivity index (χ2n) is 14.1. The molecule has 0 aliphatic carbocycles. The molecule has 13 nitrogen and oxygen atoms in total. The SMILES string of the molecule is CC(C)C[C@@H]1NC(=O)[C@H](C(C)C)N(C)C(=O)[C@H](Cc2ccc(O)cc2)NC(=O)[C@@H]2CCCN2C(=O)[C@H](CC(C)C)OC(=O)CCNC1=O. The van der Waals surface area contributed by atoms with Gasteiger partial charge in [0.15, 0.2) is 6.10 Å². The number of cyclic esters (lactones) is 1. The largest absolute Gasteiger partial charge is 0.508 e. The van der Waals surface area contributed by atoms with Gasteiger partial charge in [-0.05, 0) is 61.1 Å². The number of benzene rings is 1. The molecule has 13 heteroatoms. The third kappa shape index (κ3) is 10.4. The molecule has 2 aliphatic heterocycles. The molecule has 4 N–H and O–H groups in total. The third-order valence-electron chi connectivity index (χ3n) is 8.70. The van der Waals surface area contributed by atoms with E-state index in [0.29, 0.717) is 24.8 Å². The maximum absolute atomic E-state index is 14.2. The van der Waals surface area contributed by atoms with Gasteiger partial charge < -0.3 is 35.6 Å². The lowest BCUT2D eigenvalue weighted by Crippen LogP contribution is -2.60. The van der Waals surface area contributed by atoms with E-state index in [4.69, 9.17) is 4.74 Å². The predicted octanol–water partition coefficient (Wildman–Crippen LogP) is 1.90. The first-order valence-corrected chi connectivity index (χ1v) is 17.0. The standard InChI is InChI=1S/C35H53N5O8/c1-20(2)17-25-31(43)36-15-14-29(42)48-28(18-21(3)4)35(47)40-16-8-9-27(40)32(44)38-26(19-23-10-12-24(41)13-11-23)34(46)39(7)30(22(5)6)33(45)37-25/h10-13,20-22,25-28,30,41H,8-9,14-19H2,1-7H3,(H,36,43)(H,37,45)(H,38,44)/t25-,26-,27-,28-,30-/m0/s1. The van der Waals surface area contributed by atoms with Crippen molar-refractivity contribution in [3.63, 3.8) is 0 Å². The van der Waals surface area contributed by atoms with Crippen LogP contribution in [0.5, 0.6) is 5.75 Å². The first-order valence-electron chi connectivity index (χ1n) is 17.0. The van der Waals surface area contributed by atoms with Crippen LogP contribution in [0.4, 0.5) is 0 Å². The number of ether oxygens (including phenoxy) is 1. The summed E-state index contributed by atoms with van der Waals surface area (Å²) in [5.74, 6) is -3.51. The number of fused-ring (bicyclic) bond motifs is 1. The number of carbonyl (C=O) groups excluding carboxylic acids is 6. The van der Waals surface area contributed by atoms with E-state index in [0.717, 1.165) is 0 Å². The number of rotatable bonds is 7. The maximum Gasteiger partial charge on any atom is 0.308 e. The third-order valence-corrected chi connectivity index (χ3v) is 8.70. The van der Waals surface area contributed by atoms with Crippen LogP contribution in [-0.4, -0.2) is 101 Å². The molecule has 2 heterocycles. The van der Waals surface area contributed by atoms with Gasteiger partial charge in [0.1, 0.15) is 29.9 Å². The number of aromatic hydroxyl groups is 1. The number of phenolic OH excluding ortho intramolecular Hbond substituents is 1. The maximum atomic E-state index is 14.2. The number of amides is 5. The average Bonchev–Trinajstić information content (AvgIpc) is 3.49. The van der Waals surface area contributed by atoms with Gasteiger partial charge in [-0.2, -0.15) is 0 Å². The molecule has 2 fully saturated rings. The molecule has 0 spiro atoms. The molecule has 0 radical (unpaired) electrons. The highest BCUT2D eigenvalue weighted by atomic mass is 16.5. The van der Waals surface area contributed by atoms with Crippen LogP contribution >= 0.6 is 0 Å². The van der Waals surface area contributed by atoms with Gasteiger partial charge in [-0.25, -0.2) is 0 Å². The number of phenols is 1. The fourth-order valence-corrected chi connectivity index (χ4v) is 6.35. The van der Waals surface area contributed by atoms with E-state index >= 15 is 0 Å². The van der Waals surface area contributed by atoms with E-state index in [-0.39, 0.29) is 55.9 Å². The van der Waals surface area contributed by atoms with Crippen LogP contribution in [0.15, 0.2) is 24.3 Å². The molecule has 2 aliphatic rings. The number of nitrogens with one attached hydrogen (secondary N) is 3. The fraction of sp³-hybridized carbons (Fsp3) is 0.657. The summed E-state index contributed by atoms with van der Waals surface area (Å²) < 4.78 is 5.64. The van der Waals surface area contributed by atoms with E-state index in [2.05, 4.69) is 16.0 Å². The first-order chi connectivity index (χ1) is 22.6. The number of carbonyl (C=O) groups is 6. The van der Waals surface area contributed by atoms with Gasteiger partial charge in [0.2, 0.25) is 23.6 Å². The summed E-state index contributed by atoms with van der Waals surface area (Å²) in [7, 11) is 1.49. The molecule has 1 aromatic rings. The van der Waals surface area contributed by atoms with Gasteiger partial charge in [0, 0.05) is 26.6 Å². The Morgan fingerprint density at radius 3 is 2.06 bits per heavy atom. The minimum Gasteiger partial charge on any atom is -0.508 e. The molecule has 1 aromatic carbocycles. The highest BCUT2D eigenvalue weighted by Gasteiger charge is 2.41. The summed E-state index contributed by atoms with van der Waals surface area (Å²) >= 11 is 0. The zero-order valence-corrected chi connectivity index (χ0v) is 29.3. The Morgan fingerprint density at radius 2 is 1.46 bits per heavy atom. The van der Waals surface area contributed by atoms with Gasteiger partial charge in [-0.3, -0.25) is 28.8 Å². The lowest BCUT2D eigenvalue weighted by atomic mass is 9.97. The molecule has 0 unspecified atom stereocenters. The van der Waals surface area contributed by atoms with Crippen molar-refractivity contribution < 1.29 is 38.6 Å². The first kappa shape index (κ1) is 38.3. The summed E-state index contributed by atoms with van der Waals surface area (Å²) in [5, 5.41) is 18.2. The normalized spacial score (nSPS) is 25.7. The van der Waals surface area contributed by atoms with Crippen LogP contribution in [0.25, 0.3) is 0 Å². The minimum absolute atomic E-state index is 0.0000881. The fourth-order valence-electron chi connectivity index (χ4n) is 6.35. The Morgan fingerprint density at radius 1 is 0.833 bits per heavy atom. The van der Waals surface area contributed by atoms with Gasteiger partial charge in [0.05, 0.1) is 6.42 Å². The summed E-state index contributed by atoms with van der Waals surface area (Å²) in [6, 6.07) is 2.29. The molecule has 0 saturated carbocycles. The van der Waals surface area contributed by atoms with E-state index in [1.54, 1.807) is 26.0 Å². The van der Waals surface area contributed by atoms with Crippen LogP contribution < -0.4 is 16.0 Å². The summed E-state index contributed by atoms with van der Waals surface area (Å²) in [5.41, 5.74) is 0.653. The van der Waals surface area contributed by atoms with E-state index < -0.39 is 65.8 Å². The van der Waals surface area contributed by atoms with Crippen molar-refractivity contribution in [2.45, 2.75) is 110 Å². The summed E-state index contributed by atoms with van der Waals surface area (Å²) in [6.45, 7) is 11.4. The number of hydrogen-bond acceptors (Lipinski definition) is 8. The molecule has 266 valence electrons. The van der Waals surface area contributed by atoms with Crippen molar-refractivity contribution in [1.29, 1.82) is 0 Å². The van der Waals surface area contributed by atoms with Crippen LogP contribution in [0.1, 0.15) is 79.2 Å². The Bertz CT molecular complexity index is 1310. The lowest BCUT2D eigenvalue weighted by molar-refractivity contribution is -0.162. The van der Waals surface area contributed by atoms with Gasteiger partial charge in [0.25, 0.3) is 5.91 Å². The summed E-state index contributed by atoms with van der Waals surface area (Å²) in [6.07, 6.45) is 0.195. The Kier molecular flexibility index (Phi) is 13.8. The van der Waals surface area contributed by atoms with E-state index in [1.165, 1.54) is 29.0 Å². The molecular weight excluding hydrogens is 618 g/mol. The summed E-state index contributed by atoms with van der Waals surface area (Å²) in [4.78, 5) is 84.6. The van der Waals surface area contributed by atoms with Crippen molar-refractivity contribution in [3.8, 4) is 5.75 Å². The van der Waals surface area contributed by atoms with Crippen molar-refractivity contribution in [2.75, 3.05) is 20.1 Å². The molecule has 5 atom stereocenters. The van der Waals surface area contributed by atoms with Crippen molar-refractivity contribution in [2.24, 2.45) is 17.8 Å². The van der Waals surface area contributed by atoms with Crippen LogP contribution in [0, 0.1) is 17.8 Å². The van der Waals surface area contributed by atoms with Gasteiger partial charge in [-0.15, -0.1) is 0 Å². The number of likely N-dealkylation sites (N-methyl/N-ethyl adjacent to an activating group) is 1. The molecule has 48 heavy (non-hydrogen) atoms. The second kappa shape index (κ2) is 17.3. The number of hydrogen-bond donors (Lipinski definition) is 4. The zero-order valence-electron chi connectivity index (χ0n) is 29.3. The van der Waals surface area contributed by atoms with E-state index in [1.807, 2.05) is 27.7 Å².